The van der Waals surface area contributed by atoms with Crippen LogP contribution in [0.2, 0.25) is 0 Å². The van der Waals surface area contributed by atoms with E-state index in [9.17, 15) is 0 Å². The lowest BCUT2D eigenvalue weighted by Crippen LogP contribution is -2.18. The predicted octanol–water partition coefficient (Wildman–Crippen LogP) is 1.59. The highest BCUT2D eigenvalue weighted by Gasteiger charge is 2.14. The molecule has 0 bridgehead atoms. The summed E-state index contributed by atoms with van der Waals surface area (Å²) in [5.74, 6) is 0.635. The second kappa shape index (κ2) is 5.70. The van der Waals surface area contributed by atoms with E-state index < -0.39 is 0 Å². The summed E-state index contributed by atoms with van der Waals surface area (Å²) >= 11 is 0. The van der Waals surface area contributed by atoms with Crippen LogP contribution in [-0.2, 0) is 0 Å². The van der Waals surface area contributed by atoms with Crippen molar-refractivity contribution in [2.45, 2.75) is 32.7 Å². The molecule has 0 saturated carbocycles. The van der Waals surface area contributed by atoms with Gasteiger partial charge in [0.05, 0.1) is 6.04 Å². The Kier molecular flexibility index (Phi) is 4.55. The van der Waals surface area contributed by atoms with E-state index in [0.29, 0.717) is 11.9 Å². The molecule has 0 spiro atoms. The van der Waals surface area contributed by atoms with Gasteiger partial charge in [0.1, 0.15) is 0 Å². The van der Waals surface area contributed by atoms with Gasteiger partial charge >= 0.3 is 6.01 Å². The molecule has 1 unspecified atom stereocenters. The van der Waals surface area contributed by atoms with Crippen LogP contribution in [0.1, 0.15) is 38.6 Å². The fourth-order valence-corrected chi connectivity index (χ4v) is 1.17. The van der Waals surface area contributed by atoms with E-state index >= 15 is 0 Å². The largest absolute Gasteiger partial charge is 0.406 e. The number of unbranched alkanes of at least 4 members (excludes halogenated alkanes) is 1. The Morgan fingerprint density at radius 1 is 1.47 bits per heavy atom. The fraction of sp³-hybridized carbons (Fsp3) is 0.800. The lowest BCUT2D eigenvalue weighted by molar-refractivity contribution is 0.432. The van der Waals surface area contributed by atoms with Gasteiger partial charge in [0.25, 0.3) is 0 Å². The third kappa shape index (κ3) is 3.20. The Labute approximate surface area is 90.9 Å². The van der Waals surface area contributed by atoms with Gasteiger partial charge in [-0.1, -0.05) is 18.4 Å². The zero-order valence-electron chi connectivity index (χ0n) is 9.95. The minimum absolute atomic E-state index is 0.103. The first kappa shape index (κ1) is 12.0. The maximum atomic E-state index is 5.54. The second-order valence-corrected chi connectivity index (χ2v) is 3.71. The van der Waals surface area contributed by atoms with Crippen molar-refractivity contribution in [1.82, 2.24) is 15.5 Å². The Balaban J connectivity index is 2.58. The Morgan fingerprint density at radius 3 is 2.80 bits per heavy atom. The minimum atomic E-state index is 0.103. The summed E-state index contributed by atoms with van der Waals surface area (Å²) in [6, 6.07) is 0.700. The average Bonchev–Trinajstić information content (AvgIpc) is 2.74. The molecule has 5 nitrogen and oxygen atoms in total. The van der Waals surface area contributed by atoms with Crippen LogP contribution in [0.4, 0.5) is 6.01 Å². The van der Waals surface area contributed by atoms with Crippen molar-refractivity contribution in [3.05, 3.63) is 5.89 Å². The molecule has 1 N–H and O–H groups in total. The summed E-state index contributed by atoms with van der Waals surface area (Å²) in [6.07, 6.45) is 2.30. The lowest BCUT2D eigenvalue weighted by Gasteiger charge is -2.12. The van der Waals surface area contributed by atoms with E-state index in [1.807, 2.05) is 25.9 Å². The maximum absolute atomic E-state index is 5.54. The molecule has 0 aromatic carbocycles. The van der Waals surface area contributed by atoms with E-state index in [1.54, 1.807) is 0 Å². The van der Waals surface area contributed by atoms with Gasteiger partial charge in [-0.25, -0.2) is 0 Å². The van der Waals surface area contributed by atoms with Crippen molar-refractivity contribution in [2.24, 2.45) is 0 Å². The normalized spacial score (nSPS) is 12.8. The number of rotatable bonds is 6. The number of hydrogen-bond donors (Lipinski definition) is 1. The fourth-order valence-electron chi connectivity index (χ4n) is 1.17. The molecule has 1 rings (SSSR count). The van der Waals surface area contributed by atoms with Crippen LogP contribution in [0.25, 0.3) is 0 Å². The molecule has 0 saturated heterocycles. The first-order valence-corrected chi connectivity index (χ1v) is 5.40. The van der Waals surface area contributed by atoms with E-state index in [0.717, 1.165) is 19.4 Å². The van der Waals surface area contributed by atoms with Gasteiger partial charge < -0.3 is 14.6 Å². The molecule has 0 aliphatic rings. The Morgan fingerprint density at radius 2 is 2.20 bits per heavy atom. The molecule has 1 heterocycles. The third-order valence-electron chi connectivity index (χ3n) is 2.41. The predicted molar refractivity (Wildman–Crippen MR) is 60.0 cm³/mol. The molecule has 5 heteroatoms. The Hall–Kier alpha value is -1.10. The van der Waals surface area contributed by atoms with Gasteiger partial charge in [0.2, 0.25) is 5.89 Å². The van der Waals surface area contributed by atoms with E-state index in [-0.39, 0.29) is 6.04 Å². The number of nitrogens with zero attached hydrogens (tertiary/aromatic N) is 3. The number of anilines is 1. The SMILES string of the molecule is CCCCN(C)c1nnc(C(C)NC)o1. The number of aromatic nitrogens is 2. The quantitative estimate of drug-likeness (QED) is 0.776. The highest BCUT2D eigenvalue weighted by atomic mass is 16.4. The van der Waals surface area contributed by atoms with Crippen molar-refractivity contribution in [2.75, 3.05) is 25.5 Å². The molecule has 0 aliphatic heterocycles. The monoisotopic (exact) mass is 212 g/mol. The average molecular weight is 212 g/mol. The van der Waals surface area contributed by atoms with Crippen LogP contribution in [0.3, 0.4) is 0 Å². The number of nitrogens with one attached hydrogen (secondary N) is 1. The van der Waals surface area contributed by atoms with Crippen LogP contribution in [0.15, 0.2) is 4.42 Å². The summed E-state index contributed by atoms with van der Waals surface area (Å²) in [5, 5.41) is 11.1. The van der Waals surface area contributed by atoms with Gasteiger partial charge in [0.15, 0.2) is 0 Å². The summed E-state index contributed by atoms with van der Waals surface area (Å²) in [7, 11) is 3.84. The maximum Gasteiger partial charge on any atom is 0.317 e. The van der Waals surface area contributed by atoms with Crippen molar-refractivity contribution in [1.29, 1.82) is 0 Å². The van der Waals surface area contributed by atoms with Crippen molar-refractivity contribution >= 4 is 6.01 Å². The van der Waals surface area contributed by atoms with Crippen molar-refractivity contribution < 1.29 is 4.42 Å². The molecule has 0 amide bonds. The van der Waals surface area contributed by atoms with E-state index in [1.165, 1.54) is 0 Å². The van der Waals surface area contributed by atoms with Crippen LogP contribution >= 0.6 is 0 Å². The Bertz CT molecular complexity index is 287. The first-order valence-electron chi connectivity index (χ1n) is 5.40. The minimum Gasteiger partial charge on any atom is -0.406 e. The molecule has 15 heavy (non-hydrogen) atoms. The standard InChI is InChI=1S/C10H20N4O/c1-5-6-7-14(4)10-13-12-9(15-10)8(2)11-3/h8,11H,5-7H2,1-4H3. The lowest BCUT2D eigenvalue weighted by atomic mass is 10.3. The van der Waals surface area contributed by atoms with Crippen molar-refractivity contribution in [3.8, 4) is 0 Å². The van der Waals surface area contributed by atoms with Crippen LogP contribution in [0.5, 0.6) is 0 Å². The summed E-state index contributed by atoms with van der Waals surface area (Å²) in [5.41, 5.74) is 0. The van der Waals surface area contributed by atoms with Crippen molar-refractivity contribution in [3.63, 3.8) is 0 Å². The molecule has 0 aliphatic carbocycles. The summed E-state index contributed by atoms with van der Waals surface area (Å²) < 4.78 is 5.54. The highest BCUT2D eigenvalue weighted by molar-refractivity contribution is 5.21. The second-order valence-electron chi connectivity index (χ2n) is 3.71. The molecular formula is C10H20N4O. The van der Waals surface area contributed by atoms with E-state index in [2.05, 4.69) is 22.4 Å². The topological polar surface area (TPSA) is 54.2 Å². The van der Waals surface area contributed by atoms with Crippen LogP contribution in [0, 0.1) is 0 Å². The smallest absolute Gasteiger partial charge is 0.317 e. The van der Waals surface area contributed by atoms with Gasteiger partial charge in [0, 0.05) is 13.6 Å². The number of hydrogen-bond acceptors (Lipinski definition) is 5. The van der Waals surface area contributed by atoms with E-state index in [4.69, 9.17) is 4.42 Å². The van der Waals surface area contributed by atoms with Crippen LogP contribution < -0.4 is 10.2 Å². The van der Waals surface area contributed by atoms with Gasteiger partial charge in [-0.05, 0) is 20.4 Å². The van der Waals surface area contributed by atoms with Gasteiger partial charge in [-0.3, -0.25) is 0 Å². The molecule has 1 aromatic rings. The molecule has 0 fully saturated rings. The van der Waals surface area contributed by atoms with Gasteiger partial charge in [-0.2, -0.15) is 0 Å². The molecular weight excluding hydrogens is 192 g/mol. The third-order valence-corrected chi connectivity index (χ3v) is 2.41. The summed E-state index contributed by atoms with van der Waals surface area (Å²) in [4.78, 5) is 1.99. The highest BCUT2D eigenvalue weighted by Crippen LogP contribution is 2.15. The first-order chi connectivity index (χ1) is 7.19. The molecule has 0 radical (unpaired) electrons. The zero-order valence-corrected chi connectivity index (χ0v) is 9.95. The molecule has 86 valence electrons. The molecule has 1 aromatic heterocycles. The van der Waals surface area contributed by atoms with Gasteiger partial charge in [-0.15, -0.1) is 5.10 Å². The summed E-state index contributed by atoms with van der Waals surface area (Å²) in [6.45, 7) is 5.10. The zero-order chi connectivity index (χ0) is 11.3. The molecule has 1 atom stereocenters. The van der Waals surface area contributed by atoms with Crippen LogP contribution in [-0.4, -0.2) is 30.8 Å².